The van der Waals surface area contributed by atoms with E-state index in [0.29, 0.717) is 17.8 Å². The first-order chi connectivity index (χ1) is 10.5. The first kappa shape index (κ1) is 16.4. The number of hydrogen-bond acceptors (Lipinski definition) is 3. The SMILES string of the molecule is CC1(C)C[C@@H](O)C[C@@]2(C)[C@H]1C[C@H](O)[C@H]1C[C@H]3C[C@]12CC[C@@]3(C)O. The Morgan fingerprint density at radius 3 is 2.26 bits per heavy atom. The minimum absolute atomic E-state index is 0.0746. The van der Waals surface area contributed by atoms with Crippen LogP contribution in [-0.2, 0) is 0 Å². The van der Waals surface area contributed by atoms with E-state index in [9.17, 15) is 15.3 Å². The molecule has 0 aromatic carbocycles. The number of hydrogen-bond donors (Lipinski definition) is 3. The van der Waals surface area contributed by atoms with Crippen LogP contribution in [-0.4, -0.2) is 33.1 Å². The van der Waals surface area contributed by atoms with E-state index < -0.39 is 5.60 Å². The van der Waals surface area contributed by atoms with Crippen LogP contribution in [0.3, 0.4) is 0 Å². The van der Waals surface area contributed by atoms with Crippen LogP contribution < -0.4 is 0 Å². The fraction of sp³-hybridized carbons (Fsp3) is 1.00. The van der Waals surface area contributed by atoms with Gasteiger partial charge in [-0.15, -0.1) is 0 Å². The van der Waals surface area contributed by atoms with Gasteiger partial charge in [0.15, 0.2) is 0 Å². The van der Waals surface area contributed by atoms with Crippen LogP contribution in [0, 0.1) is 34.0 Å². The fourth-order valence-electron chi connectivity index (χ4n) is 7.97. The standard InChI is InChI=1S/C20H34O3/c1-17(2)10-13(21)11-18(3)16(17)8-15(22)14-7-12-9-20(14,18)6-5-19(12,4)23/h12-16,21-23H,5-11H2,1-4H3/t12-,13+,14+,15-,16-,18-,19+,20+/m0/s1. The summed E-state index contributed by atoms with van der Waals surface area (Å²) in [5.41, 5.74) is -0.299. The molecule has 0 aromatic rings. The van der Waals surface area contributed by atoms with E-state index >= 15 is 0 Å². The molecule has 0 radical (unpaired) electrons. The number of aliphatic hydroxyl groups excluding tert-OH is 2. The quantitative estimate of drug-likeness (QED) is 0.642. The summed E-state index contributed by atoms with van der Waals surface area (Å²) < 4.78 is 0. The van der Waals surface area contributed by atoms with Gasteiger partial charge in [0.05, 0.1) is 17.8 Å². The Balaban J connectivity index is 1.81. The first-order valence-electron chi connectivity index (χ1n) is 9.60. The molecule has 4 rings (SSSR count). The highest BCUT2D eigenvalue weighted by atomic mass is 16.3. The van der Waals surface area contributed by atoms with E-state index in [1.54, 1.807) is 0 Å². The van der Waals surface area contributed by atoms with Crippen molar-refractivity contribution in [3.63, 3.8) is 0 Å². The van der Waals surface area contributed by atoms with Crippen molar-refractivity contribution in [1.82, 2.24) is 0 Å². The predicted molar refractivity (Wildman–Crippen MR) is 89.7 cm³/mol. The average molecular weight is 322 g/mol. The van der Waals surface area contributed by atoms with E-state index in [0.717, 1.165) is 44.9 Å². The molecule has 4 aliphatic rings. The normalized spacial score (nSPS) is 60.9. The molecular formula is C20H34O3. The lowest BCUT2D eigenvalue weighted by Gasteiger charge is -2.67. The Kier molecular flexibility index (Phi) is 3.22. The molecule has 2 bridgehead atoms. The molecule has 3 heteroatoms. The molecule has 0 heterocycles. The molecule has 3 nitrogen and oxygen atoms in total. The third-order valence-corrected chi connectivity index (χ3v) is 9.03. The van der Waals surface area contributed by atoms with Crippen molar-refractivity contribution in [2.75, 3.05) is 0 Å². The molecule has 8 atom stereocenters. The molecule has 0 aliphatic heterocycles. The smallest absolute Gasteiger partial charge is 0.0648 e. The second-order valence-electron chi connectivity index (χ2n) is 10.6. The van der Waals surface area contributed by atoms with Crippen LogP contribution in [0.2, 0.25) is 0 Å². The molecule has 0 saturated heterocycles. The van der Waals surface area contributed by atoms with E-state index in [1.807, 2.05) is 6.92 Å². The summed E-state index contributed by atoms with van der Waals surface area (Å²) in [5, 5.41) is 32.4. The van der Waals surface area contributed by atoms with Crippen LogP contribution >= 0.6 is 0 Å². The minimum atomic E-state index is -0.572. The van der Waals surface area contributed by atoms with E-state index in [1.165, 1.54) is 0 Å². The van der Waals surface area contributed by atoms with Gasteiger partial charge in [-0.3, -0.25) is 0 Å². The summed E-state index contributed by atoms with van der Waals surface area (Å²) in [4.78, 5) is 0. The minimum Gasteiger partial charge on any atom is -0.393 e. The predicted octanol–water partition coefficient (Wildman–Crippen LogP) is 3.11. The van der Waals surface area contributed by atoms with Gasteiger partial charge in [0.1, 0.15) is 0 Å². The molecule has 4 aliphatic carbocycles. The summed E-state index contributed by atoms with van der Waals surface area (Å²) in [7, 11) is 0. The Morgan fingerprint density at radius 2 is 1.57 bits per heavy atom. The zero-order valence-electron chi connectivity index (χ0n) is 15.2. The summed E-state index contributed by atoms with van der Waals surface area (Å²) in [6, 6.07) is 0. The third kappa shape index (κ3) is 1.93. The number of aliphatic hydroxyl groups is 3. The Bertz CT molecular complexity index is 513. The van der Waals surface area contributed by atoms with Gasteiger partial charge in [-0.1, -0.05) is 20.8 Å². The maximum atomic E-state index is 11.0. The van der Waals surface area contributed by atoms with Gasteiger partial charge in [0, 0.05) is 0 Å². The van der Waals surface area contributed by atoms with Gasteiger partial charge >= 0.3 is 0 Å². The molecule has 1 spiro atoms. The first-order valence-corrected chi connectivity index (χ1v) is 9.60. The van der Waals surface area contributed by atoms with Crippen LogP contribution in [0.1, 0.15) is 72.6 Å². The molecule has 0 aromatic heterocycles. The zero-order chi connectivity index (χ0) is 16.8. The molecule has 0 amide bonds. The highest BCUT2D eigenvalue weighted by Crippen LogP contribution is 2.75. The van der Waals surface area contributed by atoms with Gasteiger partial charge in [0.2, 0.25) is 0 Å². The van der Waals surface area contributed by atoms with Crippen LogP contribution in [0.15, 0.2) is 0 Å². The largest absolute Gasteiger partial charge is 0.393 e. The Hall–Kier alpha value is -0.120. The average Bonchev–Trinajstić information content (AvgIpc) is 2.77. The molecule has 132 valence electrons. The number of fused-ring (bicyclic) bond motifs is 2. The molecule has 3 N–H and O–H groups in total. The molecule has 4 saturated carbocycles. The van der Waals surface area contributed by atoms with Crippen molar-refractivity contribution >= 4 is 0 Å². The number of rotatable bonds is 0. The summed E-state index contributed by atoms with van der Waals surface area (Å²) >= 11 is 0. The molecular weight excluding hydrogens is 288 g/mol. The van der Waals surface area contributed by atoms with Crippen molar-refractivity contribution in [3.8, 4) is 0 Å². The molecule has 4 fully saturated rings. The highest BCUT2D eigenvalue weighted by molar-refractivity contribution is 5.20. The maximum Gasteiger partial charge on any atom is 0.0648 e. The van der Waals surface area contributed by atoms with Crippen molar-refractivity contribution in [3.05, 3.63) is 0 Å². The van der Waals surface area contributed by atoms with E-state index in [2.05, 4.69) is 20.8 Å². The topological polar surface area (TPSA) is 60.7 Å². The maximum absolute atomic E-state index is 11.0. The molecule has 0 unspecified atom stereocenters. The highest BCUT2D eigenvalue weighted by Gasteiger charge is 2.71. The lowest BCUT2D eigenvalue weighted by atomic mass is 9.39. The monoisotopic (exact) mass is 322 g/mol. The van der Waals surface area contributed by atoms with Gasteiger partial charge < -0.3 is 15.3 Å². The summed E-state index contributed by atoms with van der Waals surface area (Å²) in [6.07, 6.45) is 6.00. The summed E-state index contributed by atoms with van der Waals surface area (Å²) in [5.74, 6) is 1.09. The van der Waals surface area contributed by atoms with E-state index in [4.69, 9.17) is 0 Å². The molecule has 23 heavy (non-hydrogen) atoms. The summed E-state index contributed by atoms with van der Waals surface area (Å²) in [6.45, 7) is 8.97. The van der Waals surface area contributed by atoms with Gasteiger partial charge in [-0.2, -0.15) is 0 Å². The Morgan fingerprint density at radius 1 is 0.870 bits per heavy atom. The van der Waals surface area contributed by atoms with Crippen molar-refractivity contribution in [2.24, 2.45) is 34.0 Å². The Labute approximate surface area is 140 Å². The van der Waals surface area contributed by atoms with Crippen molar-refractivity contribution in [1.29, 1.82) is 0 Å². The van der Waals surface area contributed by atoms with Gasteiger partial charge in [-0.05, 0) is 85.9 Å². The second kappa shape index (κ2) is 4.53. The van der Waals surface area contributed by atoms with Crippen molar-refractivity contribution in [2.45, 2.75) is 90.4 Å². The van der Waals surface area contributed by atoms with Gasteiger partial charge in [-0.25, -0.2) is 0 Å². The van der Waals surface area contributed by atoms with Crippen LogP contribution in [0.4, 0.5) is 0 Å². The lowest BCUT2D eigenvalue weighted by molar-refractivity contribution is -0.219. The fourth-order valence-corrected chi connectivity index (χ4v) is 7.97. The second-order valence-corrected chi connectivity index (χ2v) is 10.6. The van der Waals surface area contributed by atoms with Gasteiger partial charge in [0.25, 0.3) is 0 Å². The third-order valence-electron chi connectivity index (χ3n) is 9.03. The lowest BCUT2D eigenvalue weighted by Crippen LogP contribution is -2.63. The van der Waals surface area contributed by atoms with Crippen LogP contribution in [0.25, 0.3) is 0 Å². The van der Waals surface area contributed by atoms with Crippen LogP contribution in [0.5, 0.6) is 0 Å². The van der Waals surface area contributed by atoms with Crippen molar-refractivity contribution < 1.29 is 15.3 Å². The zero-order valence-corrected chi connectivity index (χ0v) is 15.2. The van der Waals surface area contributed by atoms with E-state index in [-0.39, 0.29) is 28.5 Å².